The van der Waals surface area contributed by atoms with Gasteiger partial charge >= 0.3 is 6.18 Å². The summed E-state index contributed by atoms with van der Waals surface area (Å²) in [5.41, 5.74) is -1.34. The first kappa shape index (κ1) is 23.8. The van der Waals surface area contributed by atoms with Gasteiger partial charge in [0.15, 0.2) is 16.7 Å². The molecule has 13 heteroatoms. The summed E-state index contributed by atoms with van der Waals surface area (Å²) >= 11 is 0.940. The summed E-state index contributed by atoms with van der Waals surface area (Å²) in [6.07, 6.45) is -3.36. The number of amidine groups is 1. The van der Waals surface area contributed by atoms with Gasteiger partial charge in [-0.2, -0.15) is 18.2 Å². The molecule has 0 fully saturated rings. The molecule has 1 heterocycles. The highest BCUT2D eigenvalue weighted by Gasteiger charge is 2.36. The molecule has 0 unspecified atom stereocenters. The maximum absolute atomic E-state index is 13.3. The summed E-state index contributed by atoms with van der Waals surface area (Å²) in [6.45, 7) is 1.27. The van der Waals surface area contributed by atoms with E-state index in [1.54, 1.807) is 0 Å². The Bertz CT molecular complexity index is 1210. The number of halogens is 3. The van der Waals surface area contributed by atoms with Gasteiger partial charge in [-0.25, -0.2) is 0 Å². The van der Waals surface area contributed by atoms with Crippen molar-refractivity contribution in [2.45, 2.75) is 13.1 Å². The van der Waals surface area contributed by atoms with Crippen LogP contribution in [0.15, 0.2) is 46.3 Å². The van der Waals surface area contributed by atoms with E-state index in [2.05, 4.69) is 10.3 Å². The molecule has 2 amide bonds. The van der Waals surface area contributed by atoms with Crippen molar-refractivity contribution in [3.8, 4) is 17.2 Å². The summed E-state index contributed by atoms with van der Waals surface area (Å²) < 4.78 is 50.6. The van der Waals surface area contributed by atoms with Crippen LogP contribution < -0.4 is 14.8 Å². The number of nitro groups is 1. The van der Waals surface area contributed by atoms with E-state index in [0.29, 0.717) is 17.7 Å². The number of thioether (sulfide) groups is 1. The molecule has 0 aliphatic carbocycles. The van der Waals surface area contributed by atoms with Crippen LogP contribution in [0.25, 0.3) is 6.08 Å². The van der Waals surface area contributed by atoms with Gasteiger partial charge in [0.25, 0.3) is 11.6 Å². The molecule has 9 nitrogen and oxygen atoms in total. The zero-order valence-electron chi connectivity index (χ0n) is 16.9. The first-order chi connectivity index (χ1) is 15.5. The van der Waals surface area contributed by atoms with Gasteiger partial charge in [0.05, 0.1) is 28.6 Å². The Kier molecular flexibility index (Phi) is 6.72. The van der Waals surface area contributed by atoms with Crippen molar-refractivity contribution in [2.75, 3.05) is 7.11 Å². The summed E-state index contributed by atoms with van der Waals surface area (Å²) in [5.74, 6) is -1.85. The normalized spacial score (nSPS) is 14.8. The maximum Gasteiger partial charge on any atom is 0.419 e. The summed E-state index contributed by atoms with van der Waals surface area (Å²) in [6, 6.07) is 6.11. The molecular formula is C20H14F3N3O6S. The van der Waals surface area contributed by atoms with E-state index in [1.165, 1.54) is 38.3 Å². The number of nitrogens with one attached hydrogen (secondary N) is 1. The molecule has 0 aromatic heterocycles. The van der Waals surface area contributed by atoms with Gasteiger partial charge < -0.3 is 14.8 Å². The number of carbonyl (C=O) groups excluding carboxylic acids is 2. The molecule has 0 saturated heterocycles. The van der Waals surface area contributed by atoms with E-state index in [9.17, 15) is 32.9 Å². The van der Waals surface area contributed by atoms with Gasteiger partial charge in [-0.05, 0) is 41.6 Å². The zero-order valence-corrected chi connectivity index (χ0v) is 17.7. The number of nitro benzene ring substituents is 1. The van der Waals surface area contributed by atoms with Crippen molar-refractivity contribution in [1.29, 1.82) is 0 Å². The van der Waals surface area contributed by atoms with Gasteiger partial charge in [-0.3, -0.25) is 19.7 Å². The molecule has 2 aromatic carbocycles. The van der Waals surface area contributed by atoms with Crippen molar-refractivity contribution >= 4 is 40.5 Å². The summed E-state index contributed by atoms with van der Waals surface area (Å²) in [7, 11) is 1.25. The minimum absolute atomic E-state index is 0.0161. The maximum atomic E-state index is 13.3. The molecule has 3 rings (SSSR count). The van der Waals surface area contributed by atoms with Crippen LogP contribution in [-0.4, -0.2) is 29.0 Å². The Morgan fingerprint density at radius 3 is 2.52 bits per heavy atom. The van der Waals surface area contributed by atoms with Crippen molar-refractivity contribution in [3.05, 3.63) is 62.5 Å². The van der Waals surface area contributed by atoms with E-state index < -0.39 is 39.9 Å². The molecule has 0 radical (unpaired) electrons. The predicted molar refractivity (Wildman–Crippen MR) is 113 cm³/mol. The van der Waals surface area contributed by atoms with Crippen LogP contribution in [0.3, 0.4) is 0 Å². The van der Waals surface area contributed by atoms with E-state index in [1.807, 2.05) is 0 Å². The van der Waals surface area contributed by atoms with Crippen LogP contribution in [0.1, 0.15) is 18.1 Å². The second-order valence-corrected chi connectivity index (χ2v) is 7.49. The molecule has 1 aliphatic heterocycles. The molecular weight excluding hydrogens is 467 g/mol. The smallest absolute Gasteiger partial charge is 0.419 e. The fourth-order valence-electron chi connectivity index (χ4n) is 2.68. The molecule has 0 atom stereocenters. The van der Waals surface area contributed by atoms with Gasteiger partial charge in [0.1, 0.15) is 5.75 Å². The first-order valence-electron chi connectivity index (χ1n) is 8.99. The Hall–Kier alpha value is -3.87. The highest BCUT2D eigenvalue weighted by Crippen LogP contribution is 2.42. The number of benzene rings is 2. The highest BCUT2D eigenvalue weighted by atomic mass is 32.2. The number of non-ortho nitro benzene ring substituents is 1. The quantitative estimate of drug-likeness (QED) is 0.379. The zero-order chi connectivity index (χ0) is 24.3. The number of aliphatic imine (C=N–C) groups is 1. The number of methoxy groups -OCH3 is 1. The predicted octanol–water partition coefficient (Wildman–Crippen LogP) is 4.52. The van der Waals surface area contributed by atoms with E-state index >= 15 is 0 Å². The van der Waals surface area contributed by atoms with Crippen molar-refractivity contribution in [1.82, 2.24) is 5.32 Å². The lowest BCUT2D eigenvalue weighted by atomic mass is 10.1. The average molecular weight is 481 g/mol. The third-order valence-electron chi connectivity index (χ3n) is 4.09. The van der Waals surface area contributed by atoms with Gasteiger partial charge in [0.2, 0.25) is 5.91 Å². The van der Waals surface area contributed by atoms with Gasteiger partial charge in [-0.1, -0.05) is 6.07 Å². The number of hydrogen-bond acceptors (Lipinski definition) is 7. The summed E-state index contributed by atoms with van der Waals surface area (Å²) in [5, 5.41) is 13.5. The van der Waals surface area contributed by atoms with E-state index in [0.717, 1.165) is 17.8 Å². The molecule has 2 aromatic rings. The lowest BCUT2D eigenvalue weighted by molar-refractivity contribution is -0.385. The average Bonchev–Trinajstić information content (AvgIpc) is 3.05. The number of ether oxygens (including phenoxy) is 2. The van der Waals surface area contributed by atoms with E-state index in [4.69, 9.17) is 9.47 Å². The highest BCUT2D eigenvalue weighted by molar-refractivity contribution is 8.18. The fraction of sp³-hybridized carbons (Fsp3) is 0.150. The van der Waals surface area contributed by atoms with Crippen LogP contribution >= 0.6 is 11.8 Å². The van der Waals surface area contributed by atoms with Crippen LogP contribution in [0.5, 0.6) is 17.2 Å². The van der Waals surface area contributed by atoms with Crippen LogP contribution in [0.4, 0.5) is 18.9 Å². The summed E-state index contributed by atoms with van der Waals surface area (Å²) in [4.78, 5) is 37.2. The molecule has 1 aliphatic rings. The van der Waals surface area contributed by atoms with Crippen molar-refractivity contribution in [3.63, 3.8) is 0 Å². The third-order valence-corrected chi connectivity index (χ3v) is 4.99. The number of hydrogen-bond donors (Lipinski definition) is 1. The lowest BCUT2D eigenvalue weighted by Gasteiger charge is -2.15. The molecule has 0 spiro atoms. The Labute approximate surface area is 188 Å². The monoisotopic (exact) mass is 481 g/mol. The topological polar surface area (TPSA) is 120 Å². The SMILES string of the molecule is COc1cc(C=C2SC(NC(C)=O)=NC2=O)ccc1Oc1cc([N+](=O)[O-])ccc1C(F)(F)F. The second kappa shape index (κ2) is 9.32. The molecule has 33 heavy (non-hydrogen) atoms. The van der Waals surface area contributed by atoms with Crippen molar-refractivity contribution in [2.24, 2.45) is 4.99 Å². The number of amides is 2. The van der Waals surface area contributed by atoms with Crippen LogP contribution in [0, 0.1) is 10.1 Å². The number of nitrogens with zero attached hydrogens (tertiary/aromatic N) is 2. The number of alkyl halides is 3. The Morgan fingerprint density at radius 2 is 1.91 bits per heavy atom. The molecule has 0 saturated carbocycles. The van der Waals surface area contributed by atoms with Gasteiger partial charge in [-0.15, -0.1) is 0 Å². The molecule has 0 bridgehead atoms. The minimum atomic E-state index is -4.81. The third kappa shape index (κ3) is 5.68. The largest absolute Gasteiger partial charge is 0.493 e. The standard InChI is InChI=1S/C20H14F3N3O6S/c1-10(27)24-19-25-18(28)17(33-19)8-11-3-6-14(16(7-11)31-2)32-15-9-12(26(29)30)4-5-13(15)20(21,22)23/h3-9H,1-2H3,(H,24,25,27,28). The lowest BCUT2D eigenvalue weighted by Crippen LogP contribution is -2.23. The minimum Gasteiger partial charge on any atom is -0.493 e. The van der Waals surface area contributed by atoms with E-state index in [-0.39, 0.29) is 21.6 Å². The Balaban J connectivity index is 1.92. The molecule has 1 N–H and O–H groups in total. The van der Waals surface area contributed by atoms with Gasteiger partial charge in [0, 0.05) is 13.0 Å². The Morgan fingerprint density at radius 1 is 1.18 bits per heavy atom. The number of rotatable bonds is 5. The fourth-order valence-corrected chi connectivity index (χ4v) is 3.54. The van der Waals surface area contributed by atoms with Crippen LogP contribution in [0.2, 0.25) is 0 Å². The van der Waals surface area contributed by atoms with Crippen molar-refractivity contribution < 1.29 is 37.2 Å². The van der Waals surface area contributed by atoms with Crippen LogP contribution in [-0.2, 0) is 15.8 Å². The first-order valence-corrected chi connectivity index (χ1v) is 9.81. The second-order valence-electron chi connectivity index (χ2n) is 6.46. The number of carbonyl (C=O) groups is 2. The molecule has 172 valence electrons.